The lowest BCUT2D eigenvalue weighted by molar-refractivity contribution is 0.306. The second-order valence-electron chi connectivity index (χ2n) is 5.23. The van der Waals surface area contributed by atoms with Crippen molar-refractivity contribution in [3.8, 4) is 11.4 Å². The van der Waals surface area contributed by atoms with E-state index in [2.05, 4.69) is 15.0 Å². The third-order valence-electron chi connectivity index (χ3n) is 3.62. The third kappa shape index (κ3) is 2.94. The number of hydrogen-bond acceptors (Lipinski definition) is 4. The maximum atomic E-state index is 5.88. The molecule has 4 aromatic rings. The van der Waals surface area contributed by atoms with Crippen molar-refractivity contribution in [2.24, 2.45) is 0 Å². The zero-order valence-electron chi connectivity index (χ0n) is 12.6. The number of hydrogen-bond donors (Lipinski definition) is 0. The molecule has 2 aromatic heterocycles. The fourth-order valence-corrected chi connectivity index (χ4v) is 2.55. The molecule has 0 radical (unpaired) electrons. The quantitative estimate of drug-likeness (QED) is 0.528. The van der Waals surface area contributed by atoms with Gasteiger partial charge in [0.05, 0.1) is 6.20 Å². The van der Waals surface area contributed by atoms with Crippen molar-refractivity contribution >= 4 is 22.8 Å². The van der Waals surface area contributed by atoms with E-state index in [1.807, 2.05) is 59.2 Å². The van der Waals surface area contributed by atoms with Crippen LogP contribution in [0.1, 0.15) is 5.56 Å². The Morgan fingerprint density at radius 2 is 1.75 bits per heavy atom. The van der Waals surface area contributed by atoms with Crippen molar-refractivity contribution in [3.63, 3.8) is 0 Å². The Balaban J connectivity index is 1.56. The molecular formula is C18H13ClN4O. The number of rotatable bonds is 4. The molecule has 0 aliphatic heterocycles. The number of aromatic nitrogens is 4. The van der Waals surface area contributed by atoms with E-state index < -0.39 is 0 Å². The van der Waals surface area contributed by atoms with Crippen LogP contribution in [0.15, 0.2) is 67.1 Å². The number of benzene rings is 2. The predicted molar refractivity (Wildman–Crippen MR) is 92.4 cm³/mol. The molecule has 0 saturated heterocycles. The number of imidazole rings is 1. The van der Waals surface area contributed by atoms with Gasteiger partial charge >= 0.3 is 0 Å². The molecule has 2 aromatic carbocycles. The van der Waals surface area contributed by atoms with Crippen molar-refractivity contribution < 1.29 is 4.74 Å². The Kier molecular flexibility index (Phi) is 3.84. The molecule has 0 fully saturated rings. The minimum atomic E-state index is 0.201. The first-order chi connectivity index (χ1) is 11.8. The Labute approximate surface area is 143 Å². The molecule has 0 atom stereocenters. The van der Waals surface area contributed by atoms with Gasteiger partial charge < -0.3 is 4.74 Å². The van der Waals surface area contributed by atoms with Gasteiger partial charge in [0.25, 0.3) is 0 Å². The molecule has 0 aliphatic carbocycles. The monoisotopic (exact) mass is 336 g/mol. The van der Waals surface area contributed by atoms with Gasteiger partial charge in [0.15, 0.2) is 5.65 Å². The largest absolute Gasteiger partial charge is 0.489 e. The van der Waals surface area contributed by atoms with E-state index in [4.69, 9.17) is 16.3 Å². The molecule has 0 amide bonds. The van der Waals surface area contributed by atoms with Gasteiger partial charge in [-0.15, -0.1) is 0 Å². The highest BCUT2D eigenvalue weighted by Gasteiger charge is 2.07. The van der Waals surface area contributed by atoms with Crippen LogP contribution in [0.5, 0.6) is 5.75 Å². The van der Waals surface area contributed by atoms with Crippen LogP contribution in [0, 0.1) is 0 Å². The van der Waals surface area contributed by atoms with Gasteiger partial charge in [-0.25, -0.2) is 9.97 Å². The van der Waals surface area contributed by atoms with Crippen LogP contribution in [-0.4, -0.2) is 19.5 Å². The lowest BCUT2D eigenvalue weighted by atomic mass is 10.2. The predicted octanol–water partition coefficient (Wildman–Crippen LogP) is 4.05. The minimum absolute atomic E-state index is 0.201. The maximum Gasteiger partial charge on any atom is 0.224 e. The highest BCUT2D eigenvalue weighted by Crippen LogP contribution is 2.20. The van der Waals surface area contributed by atoms with Gasteiger partial charge in [0.2, 0.25) is 5.28 Å². The van der Waals surface area contributed by atoms with E-state index in [-0.39, 0.29) is 5.28 Å². The van der Waals surface area contributed by atoms with Gasteiger partial charge in [-0.1, -0.05) is 30.3 Å². The molecule has 0 bridgehead atoms. The molecule has 0 saturated carbocycles. The summed E-state index contributed by atoms with van der Waals surface area (Å²) in [5, 5.41) is 0.201. The van der Waals surface area contributed by atoms with Crippen molar-refractivity contribution in [1.82, 2.24) is 19.5 Å². The van der Waals surface area contributed by atoms with Crippen molar-refractivity contribution in [3.05, 3.63) is 78.0 Å². The fraction of sp³-hybridized carbons (Fsp3) is 0.0556. The average Bonchev–Trinajstić information content (AvgIpc) is 3.04. The van der Waals surface area contributed by atoms with Gasteiger partial charge in [0.1, 0.15) is 24.2 Å². The van der Waals surface area contributed by atoms with Crippen LogP contribution in [0.25, 0.3) is 16.9 Å². The summed E-state index contributed by atoms with van der Waals surface area (Å²) in [5.41, 5.74) is 3.43. The zero-order chi connectivity index (χ0) is 16.4. The smallest absolute Gasteiger partial charge is 0.224 e. The highest BCUT2D eigenvalue weighted by atomic mass is 35.5. The van der Waals surface area contributed by atoms with Crippen LogP contribution < -0.4 is 4.74 Å². The van der Waals surface area contributed by atoms with E-state index in [0.717, 1.165) is 17.0 Å². The molecule has 0 unspecified atom stereocenters. The lowest BCUT2D eigenvalue weighted by Gasteiger charge is -2.08. The van der Waals surface area contributed by atoms with E-state index in [9.17, 15) is 0 Å². The number of fused-ring (bicyclic) bond motifs is 1. The van der Waals surface area contributed by atoms with Gasteiger partial charge in [0, 0.05) is 5.69 Å². The maximum absolute atomic E-state index is 5.88. The topological polar surface area (TPSA) is 52.8 Å². The van der Waals surface area contributed by atoms with Crippen molar-refractivity contribution in [2.45, 2.75) is 6.61 Å². The lowest BCUT2D eigenvalue weighted by Crippen LogP contribution is -1.97. The average molecular weight is 337 g/mol. The molecular weight excluding hydrogens is 324 g/mol. The molecule has 0 spiro atoms. The Bertz CT molecular complexity index is 967. The third-order valence-corrected chi connectivity index (χ3v) is 3.81. The SMILES string of the molecule is Clc1ncc2ncn(-c3ccc(OCc4ccccc4)cc3)c2n1. The van der Waals surface area contributed by atoms with Gasteiger partial charge in [-0.05, 0) is 41.4 Å². The zero-order valence-corrected chi connectivity index (χ0v) is 13.4. The van der Waals surface area contributed by atoms with Crippen LogP contribution in [0.4, 0.5) is 0 Å². The van der Waals surface area contributed by atoms with Gasteiger partial charge in [-0.3, -0.25) is 4.57 Å². The molecule has 0 N–H and O–H groups in total. The summed E-state index contributed by atoms with van der Waals surface area (Å²) in [6, 6.07) is 17.8. The fourth-order valence-electron chi connectivity index (χ4n) is 2.42. The molecule has 4 rings (SSSR count). The summed E-state index contributed by atoms with van der Waals surface area (Å²) in [6.45, 7) is 0.539. The van der Waals surface area contributed by atoms with Crippen LogP contribution in [0.3, 0.4) is 0 Å². The Morgan fingerprint density at radius 1 is 0.958 bits per heavy atom. The molecule has 2 heterocycles. The second kappa shape index (κ2) is 6.29. The van der Waals surface area contributed by atoms with Gasteiger partial charge in [-0.2, -0.15) is 4.98 Å². The summed E-state index contributed by atoms with van der Waals surface area (Å²) in [4.78, 5) is 12.5. The van der Waals surface area contributed by atoms with E-state index in [1.54, 1.807) is 12.5 Å². The number of halogens is 1. The Hall–Kier alpha value is -2.92. The molecule has 0 aliphatic rings. The van der Waals surface area contributed by atoms with Crippen molar-refractivity contribution in [1.29, 1.82) is 0 Å². The molecule has 6 heteroatoms. The summed E-state index contributed by atoms with van der Waals surface area (Å²) in [6.07, 6.45) is 3.31. The van der Waals surface area contributed by atoms with Crippen molar-refractivity contribution in [2.75, 3.05) is 0 Å². The summed E-state index contributed by atoms with van der Waals surface area (Å²) < 4.78 is 7.66. The van der Waals surface area contributed by atoms with E-state index >= 15 is 0 Å². The van der Waals surface area contributed by atoms with E-state index in [0.29, 0.717) is 17.8 Å². The van der Waals surface area contributed by atoms with Crippen LogP contribution >= 0.6 is 11.6 Å². The molecule has 24 heavy (non-hydrogen) atoms. The summed E-state index contributed by atoms with van der Waals surface area (Å²) in [5.74, 6) is 0.805. The second-order valence-corrected chi connectivity index (χ2v) is 5.57. The van der Waals surface area contributed by atoms with Crippen LogP contribution in [-0.2, 0) is 6.61 Å². The Morgan fingerprint density at radius 3 is 2.54 bits per heavy atom. The summed E-state index contributed by atoms with van der Waals surface area (Å²) in [7, 11) is 0. The first-order valence-corrected chi connectivity index (χ1v) is 7.80. The molecule has 5 nitrogen and oxygen atoms in total. The number of nitrogens with zero attached hydrogens (tertiary/aromatic N) is 4. The first-order valence-electron chi connectivity index (χ1n) is 7.42. The highest BCUT2D eigenvalue weighted by molar-refractivity contribution is 6.28. The summed E-state index contributed by atoms with van der Waals surface area (Å²) >= 11 is 5.88. The van der Waals surface area contributed by atoms with E-state index in [1.165, 1.54) is 0 Å². The normalized spacial score (nSPS) is 10.9. The number of ether oxygens (including phenoxy) is 1. The standard InChI is InChI=1S/C18H13ClN4O/c19-18-20-10-16-17(22-18)23(12-21-16)14-6-8-15(9-7-14)24-11-13-4-2-1-3-5-13/h1-10,12H,11H2. The van der Waals surface area contributed by atoms with Crippen LogP contribution in [0.2, 0.25) is 5.28 Å². The first kappa shape index (κ1) is 14.7. The minimum Gasteiger partial charge on any atom is -0.489 e. The molecule has 118 valence electrons.